The van der Waals surface area contributed by atoms with Gasteiger partial charge < -0.3 is 9.80 Å². The molecule has 0 N–H and O–H groups in total. The van der Waals surface area contributed by atoms with Gasteiger partial charge in [0.1, 0.15) is 12.0 Å². The summed E-state index contributed by atoms with van der Waals surface area (Å²) in [4.78, 5) is 30.8. The Balaban J connectivity index is 1.59. The SMILES string of the molecule is Cc1ccc(S(=O)(=O)N(C)CC(=O)N2CCN(c3ccc([N+](=O)[O-])cn3)CC2)cc1C. The van der Waals surface area contributed by atoms with E-state index in [-0.39, 0.29) is 23.0 Å². The Morgan fingerprint density at radius 3 is 2.35 bits per heavy atom. The van der Waals surface area contributed by atoms with Gasteiger partial charge in [-0.3, -0.25) is 14.9 Å². The number of aryl methyl sites for hydroxylation is 2. The molecule has 1 saturated heterocycles. The molecule has 0 saturated carbocycles. The van der Waals surface area contributed by atoms with Crippen LogP contribution in [-0.2, 0) is 14.8 Å². The van der Waals surface area contributed by atoms with Gasteiger partial charge in [-0.2, -0.15) is 4.31 Å². The largest absolute Gasteiger partial charge is 0.353 e. The summed E-state index contributed by atoms with van der Waals surface area (Å²) in [6, 6.07) is 7.89. The van der Waals surface area contributed by atoms with Crippen LogP contribution in [0.3, 0.4) is 0 Å². The van der Waals surface area contributed by atoms with Crippen molar-refractivity contribution in [2.24, 2.45) is 0 Å². The number of hydrogen-bond donors (Lipinski definition) is 0. The topological polar surface area (TPSA) is 117 Å². The standard InChI is InChI=1S/C20H25N5O5S/c1-15-4-6-18(12-16(15)2)31(29,30)22(3)14-20(26)24-10-8-23(9-11-24)19-7-5-17(13-21-19)25(27)28/h4-7,12-13H,8-11,14H2,1-3H3. The third-order valence-corrected chi connectivity index (χ3v) is 7.24. The van der Waals surface area contributed by atoms with Crippen molar-refractivity contribution < 1.29 is 18.1 Å². The number of anilines is 1. The molecule has 2 aromatic rings. The minimum absolute atomic E-state index is 0.0782. The molecule has 0 aliphatic carbocycles. The fourth-order valence-electron chi connectivity index (χ4n) is 3.29. The smallest absolute Gasteiger partial charge is 0.287 e. The highest BCUT2D eigenvalue weighted by Gasteiger charge is 2.27. The van der Waals surface area contributed by atoms with Crippen molar-refractivity contribution in [3.8, 4) is 0 Å². The molecule has 1 amide bonds. The maximum absolute atomic E-state index is 12.8. The van der Waals surface area contributed by atoms with Crippen LogP contribution in [0.4, 0.5) is 11.5 Å². The fraction of sp³-hybridized carbons (Fsp3) is 0.400. The number of nitro groups is 1. The molecular weight excluding hydrogens is 422 g/mol. The van der Waals surface area contributed by atoms with Crippen molar-refractivity contribution in [3.63, 3.8) is 0 Å². The van der Waals surface area contributed by atoms with Crippen molar-refractivity contribution in [3.05, 3.63) is 57.8 Å². The van der Waals surface area contributed by atoms with Gasteiger partial charge in [0.15, 0.2) is 0 Å². The second-order valence-electron chi connectivity index (χ2n) is 7.51. The fourth-order valence-corrected chi connectivity index (χ4v) is 4.49. The summed E-state index contributed by atoms with van der Waals surface area (Å²) in [6.07, 6.45) is 1.21. The third kappa shape index (κ3) is 5.00. The highest BCUT2D eigenvalue weighted by atomic mass is 32.2. The number of piperazine rings is 1. The summed E-state index contributed by atoms with van der Waals surface area (Å²) in [5.41, 5.74) is 1.79. The molecule has 1 aromatic carbocycles. The summed E-state index contributed by atoms with van der Waals surface area (Å²) < 4.78 is 26.7. The number of rotatable bonds is 6. The van der Waals surface area contributed by atoms with Gasteiger partial charge in [0.2, 0.25) is 15.9 Å². The summed E-state index contributed by atoms with van der Waals surface area (Å²) in [5, 5.41) is 10.7. The van der Waals surface area contributed by atoms with Gasteiger partial charge in [-0.15, -0.1) is 0 Å². The van der Waals surface area contributed by atoms with E-state index in [4.69, 9.17) is 0 Å². The second kappa shape index (κ2) is 8.98. The number of amides is 1. The van der Waals surface area contributed by atoms with Crippen LogP contribution in [0.1, 0.15) is 11.1 Å². The van der Waals surface area contributed by atoms with E-state index in [1.165, 1.54) is 19.3 Å². The highest BCUT2D eigenvalue weighted by Crippen LogP contribution is 2.20. The number of sulfonamides is 1. The number of hydrogen-bond acceptors (Lipinski definition) is 7. The summed E-state index contributed by atoms with van der Waals surface area (Å²) >= 11 is 0. The summed E-state index contributed by atoms with van der Waals surface area (Å²) in [6.45, 7) is 5.34. The van der Waals surface area contributed by atoms with E-state index in [1.807, 2.05) is 18.7 Å². The number of likely N-dealkylation sites (N-methyl/N-ethyl adjacent to an activating group) is 1. The molecule has 1 fully saturated rings. The van der Waals surface area contributed by atoms with Gasteiger partial charge in [0.05, 0.1) is 16.4 Å². The van der Waals surface area contributed by atoms with E-state index in [1.54, 1.807) is 29.2 Å². The molecule has 1 aliphatic heterocycles. The summed E-state index contributed by atoms with van der Waals surface area (Å²) in [5.74, 6) is 0.332. The normalized spacial score (nSPS) is 14.7. The number of carbonyl (C=O) groups excluding carboxylic acids is 1. The lowest BCUT2D eigenvalue weighted by atomic mass is 10.1. The van der Waals surface area contributed by atoms with Crippen LogP contribution >= 0.6 is 0 Å². The molecule has 31 heavy (non-hydrogen) atoms. The van der Waals surface area contributed by atoms with E-state index in [0.717, 1.165) is 15.4 Å². The maximum atomic E-state index is 12.8. The zero-order chi connectivity index (χ0) is 22.8. The minimum Gasteiger partial charge on any atom is -0.353 e. The molecule has 10 nitrogen and oxygen atoms in total. The predicted molar refractivity (Wildman–Crippen MR) is 115 cm³/mol. The first kappa shape index (κ1) is 22.6. The first-order valence-corrected chi connectivity index (χ1v) is 11.2. The van der Waals surface area contributed by atoms with Crippen molar-refractivity contribution in [1.29, 1.82) is 0 Å². The van der Waals surface area contributed by atoms with Crippen LogP contribution < -0.4 is 4.90 Å². The molecule has 0 atom stereocenters. The van der Waals surface area contributed by atoms with E-state index < -0.39 is 14.9 Å². The molecule has 0 radical (unpaired) electrons. The average molecular weight is 448 g/mol. The molecule has 0 unspecified atom stereocenters. The number of pyridine rings is 1. The zero-order valence-electron chi connectivity index (χ0n) is 17.7. The number of benzene rings is 1. The quantitative estimate of drug-likeness (QED) is 0.487. The Labute approximate surface area is 181 Å². The summed E-state index contributed by atoms with van der Waals surface area (Å²) in [7, 11) is -2.36. The van der Waals surface area contributed by atoms with Crippen molar-refractivity contribution >= 4 is 27.4 Å². The highest BCUT2D eigenvalue weighted by molar-refractivity contribution is 7.89. The van der Waals surface area contributed by atoms with Crippen molar-refractivity contribution in [2.45, 2.75) is 18.7 Å². The molecule has 11 heteroatoms. The average Bonchev–Trinajstić information content (AvgIpc) is 2.75. The van der Waals surface area contributed by atoms with Crippen LogP contribution in [0.2, 0.25) is 0 Å². The Kier molecular flexibility index (Phi) is 6.56. The lowest BCUT2D eigenvalue weighted by Crippen LogP contribution is -2.51. The van der Waals surface area contributed by atoms with Gasteiger partial charge in [-0.25, -0.2) is 13.4 Å². The Morgan fingerprint density at radius 1 is 1.13 bits per heavy atom. The predicted octanol–water partition coefficient (Wildman–Crippen LogP) is 1.58. The Hall–Kier alpha value is -3.05. The van der Waals surface area contributed by atoms with Crippen LogP contribution in [0.5, 0.6) is 0 Å². The molecule has 0 spiro atoms. The van der Waals surface area contributed by atoms with Crippen LogP contribution in [0, 0.1) is 24.0 Å². The molecule has 0 bridgehead atoms. The molecule has 2 heterocycles. The van der Waals surface area contributed by atoms with Gasteiger partial charge in [-0.05, 0) is 43.2 Å². The Morgan fingerprint density at radius 2 is 1.81 bits per heavy atom. The number of aromatic nitrogens is 1. The molecule has 1 aromatic heterocycles. The van der Waals surface area contributed by atoms with Gasteiger partial charge in [-0.1, -0.05) is 6.07 Å². The van der Waals surface area contributed by atoms with Gasteiger partial charge in [0, 0.05) is 39.3 Å². The molecular formula is C20H25N5O5S. The Bertz CT molecular complexity index is 1080. The zero-order valence-corrected chi connectivity index (χ0v) is 18.5. The lowest BCUT2D eigenvalue weighted by Gasteiger charge is -2.36. The molecule has 3 rings (SSSR count). The monoisotopic (exact) mass is 447 g/mol. The minimum atomic E-state index is -3.77. The molecule has 1 aliphatic rings. The van der Waals surface area contributed by atoms with E-state index in [2.05, 4.69) is 4.98 Å². The van der Waals surface area contributed by atoms with Crippen molar-refractivity contribution in [2.75, 3.05) is 44.7 Å². The van der Waals surface area contributed by atoms with E-state index in [0.29, 0.717) is 32.0 Å². The lowest BCUT2D eigenvalue weighted by molar-refractivity contribution is -0.385. The van der Waals surface area contributed by atoms with Gasteiger partial charge in [0.25, 0.3) is 5.69 Å². The molecule has 166 valence electrons. The first-order chi connectivity index (χ1) is 14.6. The number of carbonyl (C=O) groups is 1. The van der Waals surface area contributed by atoms with Crippen LogP contribution in [0.25, 0.3) is 0 Å². The van der Waals surface area contributed by atoms with Crippen molar-refractivity contribution in [1.82, 2.24) is 14.2 Å². The third-order valence-electron chi connectivity index (χ3n) is 5.44. The number of nitrogens with zero attached hydrogens (tertiary/aromatic N) is 5. The van der Waals surface area contributed by atoms with Gasteiger partial charge >= 0.3 is 0 Å². The van der Waals surface area contributed by atoms with E-state index >= 15 is 0 Å². The van der Waals surface area contributed by atoms with E-state index in [9.17, 15) is 23.3 Å². The van der Waals surface area contributed by atoms with Crippen LogP contribution in [0.15, 0.2) is 41.4 Å². The first-order valence-electron chi connectivity index (χ1n) is 9.76. The van der Waals surface area contributed by atoms with Crippen LogP contribution in [-0.4, -0.2) is 73.2 Å². The second-order valence-corrected chi connectivity index (χ2v) is 9.55. The maximum Gasteiger partial charge on any atom is 0.287 e.